The van der Waals surface area contributed by atoms with E-state index in [9.17, 15) is 4.79 Å². The first kappa shape index (κ1) is 20.9. The minimum Gasteiger partial charge on any atom is -0.491 e. The van der Waals surface area contributed by atoms with Crippen molar-refractivity contribution < 1.29 is 9.53 Å². The number of benzene rings is 1. The van der Waals surface area contributed by atoms with Gasteiger partial charge < -0.3 is 14.6 Å². The second-order valence-electron chi connectivity index (χ2n) is 8.34. The average molecular weight is 444 g/mol. The van der Waals surface area contributed by atoms with Gasteiger partial charge in [0.2, 0.25) is 5.91 Å². The number of rotatable bonds is 4. The standard InChI is InChI=1S/C24H25N7O2/c1-14(2)31-24(26-15(3)29-31)20-13-30-9-10-33-21-11-17(5-7-19(21)23(30)28-20)18-6-8-22(25-12-18)27-16(4)32/h5-8,11-14H,9-10H2,1-4H3,(H,25,27,32). The zero-order valence-corrected chi connectivity index (χ0v) is 19.0. The van der Waals surface area contributed by atoms with Gasteiger partial charge in [-0.05, 0) is 50.6 Å². The summed E-state index contributed by atoms with van der Waals surface area (Å²) in [6, 6.07) is 9.97. The van der Waals surface area contributed by atoms with Gasteiger partial charge in [-0.25, -0.2) is 19.6 Å². The molecule has 9 nitrogen and oxygen atoms in total. The van der Waals surface area contributed by atoms with Gasteiger partial charge in [0.05, 0.1) is 12.1 Å². The molecule has 0 radical (unpaired) electrons. The van der Waals surface area contributed by atoms with Crippen molar-refractivity contribution in [3.8, 4) is 39.8 Å². The maximum atomic E-state index is 11.2. The summed E-state index contributed by atoms with van der Waals surface area (Å²) in [5, 5.41) is 7.21. The molecule has 0 atom stereocenters. The number of ether oxygens (including phenoxy) is 1. The third-order valence-electron chi connectivity index (χ3n) is 5.45. The molecule has 33 heavy (non-hydrogen) atoms. The second kappa shape index (κ2) is 8.16. The van der Waals surface area contributed by atoms with E-state index >= 15 is 0 Å². The summed E-state index contributed by atoms with van der Waals surface area (Å²) in [6.07, 6.45) is 3.76. The molecule has 0 fully saturated rings. The van der Waals surface area contributed by atoms with Crippen LogP contribution >= 0.6 is 0 Å². The number of anilines is 1. The number of carbonyl (C=O) groups excluding carboxylic acids is 1. The number of hydrogen-bond donors (Lipinski definition) is 1. The Hall–Kier alpha value is -4.01. The van der Waals surface area contributed by atoms with E-state index in [1.807, 2.05) is 42.1 Å². The number of nitrogens with one attached hydrogen (secondary N) is 1. The third-order valence-corrected chi connectivity index (χ3v) is 5.45. The highest BCUT2D eigenvalue weighted by molar-refractivity contribution is 5.87. The number of carbonyl (C=O) groups is 1. The molecule has 1 aliphatic rings. The van der Waals surface area contributed by atoms with E-state index in [0.717, 1.165) is 45.6 Å². The molecule has 3 aromatic heterocycles. The van der Waals surface area contributed by atoms with Gasteiger partial charge in [0.1, 0.15) is 35.5 Å². The third kappa shape index (κ3) is 3.97. The van der Waals surface area contributed by atoms with E-state index in [1.54, 1.807) is 12.3 Å². The van der Waals surface area contributed by atoms with Crippen molar-refractivity contribution in [1.29, 1.82) is 0 Å². The van der Waals surface area contributed by atoms with Crippen LogP contribution in [0.5, 0.6) is 5.75 Å². The van der Waals surface area contributed by atoms with E-state index in [2.05, 4.69) is 38.8 Å². The van der Waals surface area contributed by atoms with Gasteiger partial charge in [-0.15, -0.1) is 0 Å². The summed E-state index contributed by atoms with van der Waals surface area (Å²) >= 11 is 0. The van der Waals surface area contributed by atoms with Crippen molar-refractivity contribution in [3.05, 3.63) is 48.5 Å². The lowest BCUT2D eigenvalue weighted by molar-refractivity contribution is -0.114. The Bertz CT molecular complexity index is 1340. The largest absolute Gasteiger partial charge is 0.491 e. The highest BCUT2D eigenvalue weighted by atomic mass is 16.5. The number of aromatic nitrogens is 6. The van der Waals surface area contributed by atoms with Gasteiger partial charge in [-0.3, -0.25) is 4.79 Å². The molecule has 1 amide bonds. The van der Waals surface area contributed by atoms with E-state index in [1.165, 1.54) is 6.92 Å². The Kier molecular flexibility index (Phi) is 5.16. The number of aryl methyl sites for hydroxylation is 1. The lowest BCUT2D eigenvalue weighted by Crippen LogP contribution is -2.06. The molecule has 9 heteroatoms. The van der Waals surface area contributed by atoms with E-state index in [0.29, 0.717) is 19.0 Å². The smallest absolute Gasteiger partial charge is 0.222 e. The maximum absolute atomic E-state index is 11.2. The SMILES string of the molecule is CC(=O)Nc1ccc(-c2ccc3c(c2)OCCn2cc(-c4nc(C)nn4C(C)C)nc2-3)cn1. The van der Waals surface area contributed by atoms with Crippen LogP contribution in [0.25, 0.3) is 34.0 Å². The summed E-state index contributed by atoms with van der Waals surface area (Å²) in [6.45, 7) is 8.75. The van der Waals surface area contributed by atoms with Crippen molar-refractivity contribution in [2.24, 2.45) is 0 Å². The van der Waals surface area contributed by atoms with Gasteiger partial charge in [0.25, 0.3) is 0 Å². The van der Waals surface area contributed by atoms with Crippen molar-refractivity contribution in [1.82, 2.24) is 29.3 Å². The van der Waals surface area contributed by atoms with Crippen molar-refractivity contribution in [2.75, 3.05) is 11.9 Å². The lowest BCUT2D eigenvalue weighted by atomic mass is 10.0. The van der Waals surface area contributed by atoms with Crippen molar-refractivity contribution in [2.45, 2.75) is 40.3 Å². The molecule has 0 aliphatic carbocycles. The molecule has 1 aromatic carbocycles. The monoisotopic (exact) mass is 443 g/mol. The van der Waals surface area contributed by atoms with E-state index < -0.39 is 0 Å². The highest BCUT2D eigenvalue weighted by Crippen LogP contribution is 2.37. The number of pyridine rings is 1. The predicted molar refractivity (Wildman–Crippen MR) is 125 cm³/mol. The molecule has 168 valence electrons. The van der Waals surface area contributed by atoms with Crippen LogP contribution < -0.4 is 10.1 Å². The molecular weight excluding hydrogens is 418 g/mol. The summed E-state index contributed by atoms with van der Waals surface area (Å²) in [4.78, 5) is 25.1. The summed E-state index contributed by atoms with van der Waals surface area (Å²) in [5.74, 6) is 3.50. The van der Waals surface area contributed by atoms with Crippen LogP contribution in [0.15, 0.2) is 42.7 Å². The zero-order valence-electron chi connectivity index (χ0n) is 19.0. The predicted octanol–water partition coefficient (Wildman–Crippen LogP) is 4.11. The Morgan fingerprint density at radius 1 is 1.12 bits per heavy atom. The molecular formula is C24H25N7O2. The maximum Gasteiger partial charge on any atom is 0.222 e. The molecule has 0 saturated carbocycles. The first-order valence-electron chi connectivity index (χ1n) is 10.9. The van der Waals surface area contributed by atoms with E-state index in [4.69, 9.17) is 9.72 Å². The number of amides is 1. The van der Waals surface area contributed by atoms with Gasteiger partial charge >= 0.3 is 0 Å². The summed E-state index contributed by atoms with van der Waals surface area (Å²) < 4.78 is 10.1. The summed E-state index contributed by atoms with van der Waals surface area (Å²) in [7, 11) is 0. The molecule has 0 spiro atoms. The number of fused-ring (bicyclic) bond motifs is 3. The molecule has 0 unspecified atom stereocenters. The summed E-state index contributed by atoms with van der Waals surface area (Å²) in [5.41, 5.74) is 3.64. The van der Waals surface area contributed by atoms with Crippen molar-refractivity contribution in [3.63, 3.8) is 0 Å². The number of nitrogens with zero attached hydrogens (tertiary/aromatic N) is 6. The van der Waals surface area contributed by atoms with E-state index in [-0.39, 0.29) is 11.9 Å². The van der Waals surface area contributed by atoms with Gasteiger partial charge in [0, 0.05) is 30.9 Å². The Morgan fingerprint density at radius 2 is 1.94 bits per heavy atom. The van der Waals surface area contributed by atoms with Crippen molar-refractivity contribution >= 4 is 11.7 Å². The Labute approximate surface area is 191 Å². The van der Waals surface area contributed by atoms with Crippen LogP contribution in [-0.4, -0.2) is 41.8 Å². The molecule has 0 bridgehead atoms. The molecule has 4 aromatic rings. The molecule has 1 N–H and O–H groups in total. The second-order valence-corrected chi connectivity index (χ2v) is 8.34. The minimum atomic E-state index is -0.148. The number of hydrogen-bond acceptors (Lipinski definition) is 6. The van der Waals surface area contributed by atoms with Crippen LogP contribution in [0.1, 0.15) is 32.6 Å². The first-order valence-corrected chi connectivity index (χ1v) is 10.9. The molecule has 0 saturated heterocycles. The topological polar surface area (TPSA) is 99.8 Å². The average Bonchev–Trinajstić information content (AvgIpc) is 3.33. The van der Waals surface area contributed by atoms with Crippen LogP contribution in [0, 0.1) is 6.92 Å². The first-order chi connectivity index (χ1) is 15.9. The lowest BCUT2D eigenvalue weighted by Gasteiger charge is -2.10. The fraction of sp³-hybridized carbons (Fsp3) is 0.292. The van der Waals surface area contributed by atoms with Gasteiger partial charge in [0.15, 0.2) is 5.82 Å². The van der Waals surface area contributed by atoms with Gasteiger partial charge in [-0.2, -0.15) is 5.10 Å². The Balaban J connectivity index is 1.51. The normalized spacial score (nSPS) is 12.6. The van der Waals surface area contributed by atoms with Gasteiger partial charge in [-0.1, -0.05) is 6.07 Å². The Morgan fingerprint density at radius 3 is 2.67 bits per heavy atom. The molecule has 1 aliphatic heterocycles. The number of imidazole rings is 1. The van der Waals surface area contributed by atoms with Crippen LogP contribution in [0.2, 0.25) is 0 Å². The van der Waals surface area contributed by atoms with Crippen LogP contribution in [0.3, 0.4) is 0 Å². The quantitative estimate of drug-likeness (QED) is 0.510. The fourth-order valence-electron chi connectivity index (χ4n) is 3.95. The highest BCUT2D eigenvalue weighted by Gasteiger charge is 2.22. The minimum absolute atomic E-state index is 0.148. The van der Waals surface area contributed by atoms with Crippen LogP contribution in [0.4, 0.5) is 5.82 Å². The molecule has 4 heterocycles. The molecule has 5 rings (SSSR count). The zero-order chi connectivity index (χ0) is 23.1. The fourth-order valence-corrected chi connectivity index (χ4v) is 3.95. The van der Waals surface area contributed by atoms with Crippen LogP contribution in [-0.2, 0) is 11.3 Å².